The molecule has 11 heteroatoms. The van der Waals surface area contributed by atoms with Gasteiger partial charge < -0.3 is 15.4 Å². The van der Waals surface area contributed by atoms with Gasteiger partial charge in [0.2, 0.25) is 11.8 Å². The Labute approximate surface area is 194 Å². The van der Waals surface area contributed by atoms with Gasteiger partial charge >= 0.3 is 5.97 Å². The molecule has 33 heavy (non-hydrogen) atoms. The molecule has 2 aromatic carbocycles. The largest absolute Gasteiger partial charge is 0.455 e. The van der Waals surface area contributed by atoms with E-state index in [1.165, 1.54) is 13.0 Å². The van der Waals surface area contributed by atoms with Gasteiger partial charge in [-0.1, -0.05) is 23.7 Å². The van der Waals surface area contributed by atoms with Crippen LogP contribution in [0.15, 0.2) is 48.5 Å². The van der Waals surface area contributed by atoms with E-state index in [-0.39, 0.29) is 29.5 Å². The summed E-state index contributed by atoms with van der Waals surface area (Å²) in [6.45, 7) is 0.761. The lowest BCUT2D eigenvalue weighted by Gasteiger charge is -2.18. The predicted octanol–water partition coefficient (Wildman–Crippen LogP) is 1.97. The van der Waals surface area contributed by atoms with Crippen molar-refractivity contribution in [3.63, 3.8) is 0 Å². The minimum Gasteiger partial charge on any atom is -0.455 e. The van der Waals surface area contributed by atoms with E-state index in [0.717, 1.165) is 5.01 Å². The molecule has 4 amide bonds. The van der Waals surface area contributed by atoms with Crippen LogP contribution in [0.4, 0.5) is 11.4 Å². The first-order valence-electron chi connectivity index (χ1n) is 9.93. The minimum atomic E-state index is -0.825. The molecule has 10 nitrogen and oxygen atoms in total. The first-order valence-corrected chi connectivity index (χ1v) is 10.3. The van der Waals surface area contributed by atoms with Gasteiger partial charge in [0.25, 0.3) is 11.8 Å². The van der Waals surface area contributed by atoms with Crippen molar-refractivity contribution in [1.29, 1.82) is 0 Å². The average Bonchev–Trinajstić information content (AvgIpc) is 3.13. The van der Waals surface area contributed by atoms with Crippen molar-refractivity contribution in [2.45, 2.75) is 13.3 Å². The van der Waals surface area contributed by atoms with Gasteiger partial charge in [0.1, 0.15) is 0 Å². The number of rotatable bonds is 7. The minimum absolute atomic E-state index is 0.0832. The van der Waals surface area contributed by atoms with E-state index in [1.54, 1.807) is 42.5 Å². The molecule has 1 heterocycles. The second-order valence-electron chi connectivity index (χ2n) is 7.24. The number of ether oxygens (including phenoxy) is 1. The van der Waals surface area contributed by atoms with Crippen LogP contribution >= 0.6 is 11.6 Å². The summed E-state index contributed by atoms with van der Waals surface area (Å²) in [7, 11) is 0. The second-order valence-corrected chi connectivity index (χ2v) is 7.65. The number of esters is 1. The van der Waals surface area contributed by atoms with Crippen LogP contribution in [0.2, 0.25) is 5.02 Å². The molecule has 3 rings (SSSR count). The van der Waals surface area contributed by atoms with Crippen molar-refractivity contribution >= 4 is 52.6 Å². The van der Waals surface area contributed by atoms with Gasteiger partial charge in [-0.15, -0.1) is 0 Å². The van der Waals surface area contributed by atoms with Crippen molar-refractivity contribution in [1.82, 2.24) is 10.4 Å². The van der Waals surface area contributed by atoms with Crippen molar-refractivity contribution in [3.8, 4) is 0 Å². The highest BCUT2D eigenvalue weighted by Crippen LogP contribution is 2.20. The molecule has 0 saturated carbocycles. The first kappa shape index (κ1) is 23.7. The third-order valence-corrected chi connectivity index (χ3v) is 4.98. The molecule has 1 saturated heterocycles. The smallest absolute Gasteiger partial charge is 0.311 e. The predicted molar refractivity (Wildman–Crippen MR) is 119 cm³/mol. The van der Waals surface area contributed by atoms with E-state index in [4.69, 9.17) is 16.3 Å². The van der Waals surface area contributed by atoms with Crippen molar-refractivity contribution < 1.29 is 28.7 Å². The molecule has 1 aliphatic heterocycles. The Morgan fingerprint density at radius 1 is 1.03 bits per heavy atom. The molecule has 1 aliphatic rings. The molecule has 3 N–H and O–H groups in total. The first-order chi connectivity index (χ1) is 15.7. The zero-order valence-corrected chi connectivity index (χ0v) is 18.3. The maximum absolute atomic E-state index is 12.3. The summed E-state index contributed by atoms with van der Waals surface area (Å²) in [6.07, 6.45) is -0.159. The van der Waals surface area contributed by atoms with Gasteiger partial charge in [-0.2, -0.15) is 0 Å². The molecule has 1 atom stereocenters. The van der Waals surface area contributed by atoms with Crippen LogP contribution in [0.1, 0.15) is 23.7 Å². The molecule has 0 spiro atoms. The summed E-state index contributed by atoms with van der Waals surface area (Å²) in [5.74, 6) is -3.37. The highest BCUT2D eigenvalue weighted by Gasteiger charge is 2.37. The van der Waals surface area contributed by atoms with Gasteiger partial charge in [-0.05, 0) is 36.4 Å². The number of hydrazine groups is 1. The van der Waals surface area contributed by atoms with E-state index in [1.807, 2.05) is 0 Å². The molecule has 0 aromatic heterocycles. The van der Waals surface area contributed by atoms with Gasteiger partial charge in [0.05, 0.1) is 23.0 Å². The quantitative estimate of drug-likeness (QED) is 0.527. The Morgan fingerprint density at radius 3 is 2.30 bits per heavy atom. The highest BCUT2D eigenvalue weighted by molar-refractivity contribution is 6.33. The summed E-state index contributed by atoms with van der Waals surface area (Å²) < 4.78 is 5.02. The second kappa shape index (κ2) is 10.6. The number of hydrogen-bond acceptors (Lipinski definition) is 6. The molecular formula is C22H21ClN4O6. The fourth-order valence-electron chi connectivity index (χ4n) is 3.09. The van der Waals surface area contributed by atoms with E-state index < -0.39 is 36.2 Å². The molecule has 0 aliphatic carbocycles. The average molecular weight is 473 g/mol. The van der Waals surface area contributed by atoms with Crippen LogP contribution in [-0.4, -0.2) is 47.8 Å². The molecule has 0 unspecified atom stereocenters. The Morgan fingerprint density at radius 2 is 1.67 bits per heavy atom. The Balaban J connectivity index is 1.46. The zero-order valence-electron chi connectivity index (χ0n) is 17.6. The topological polar surface area (TPSA) is 134 Å². The van der Waals surface area contributed by atoms with Crippen LogP contribution in [0.25, 0.3) is 0 Å². The summed E-state index contributed by atoms with van der Waals surface area (Å²) in [5.41, 5.74) is 3.65. The lowest BCUT2D eigenvalue weighted by atomic mass is 10.1. The van der Waals surface area contributed by atoms with Crippen LogP contribution in [0.5, 0.6) is 0 Å². The maximum Gasteiger partial charge on any atom is 0.311 e. The number of amides is 4. The number of carbonyl (C=O) groups is 5. The van der Waals surface area contributed by atoms with Crippen LogP contribution < -0.4 is 16.1 Å². The highest BCUT2D eigenvalue weighted by atomic mass is 35.5. The summed E-state index contributed by atoms with van der Waals surface area (Å²) in [5, 5.41) is 6.43. The van der Waals surface area contributed by atoms with Gasteiger partial charge in [-0.25, -0.2) is 0 Å². The Hall–Kier alpha value is -3.92. The van der Waals surface area contributed by atoms with Gasteiger partial charge in [0, 0.05) is 24.7 Å². The molecular weight excluding hydrogens is 452 g/mol. The van der Waals surface area contributed by atoms with Gasteiger partial charge in [0.15, 0.2) is 6.61 Å². The lowest BCUT2D eigenvalue weighted by Crippen LogP contribution is -2.43. The number of carbonyl (C=O) groups excluding carboxylic acids is 5. The molecule has 0 radical (unpaired) electrons. The lowest BCUT2D eigenvalue weighted by molar-refractivity contribution is -0.151. The molecule has 0 bridgehead atoms. The maximum atomic E-state index is 12.3. The van der Waals surface area contributed by atoms with E-state index in [0.29, 0.717) is 11.4 Å². The molecule has 172 valence electrons. The number of halogens is 1. The van der Waals surface area contributed by atoms with Crippen molar-refractivity contribution in [2.24, 2.45) is 5.92 Å². The SMILES string of the molecule is CC(=O)Nc1ccc(NC(=O)COC(=O)[C@H]2CC(=O)N(NC(=O)c3ccccc3Cl)C2)cc1. The van der Waals surface area contributed by atoms with Crippen LogP contribution in [0.3, 0.4) is 0 Å². The van der Waals surface area contributed by atoms with Crippen molar-refractivity contribution in [3.05, 3.63) is 59.1 Å². The third-order valence-electron chi connectivity index (χ3n) is 4.65. The van der Waals surface area contributed by atoms with Crippen LogP contribution in [-0.2, 0) is 23.9 Å². The fraction of sp³-hybridized carbons (Fsp3) is 0.227. The molecule has 1 fully saturated rings. The van der Waals surface area contributed by atoms with Crippen molar-refractivity contribution in [2.75, 3.05) is 23.8 Å². The number of benzene rings is 2. The normalized spacial score (nSPS) is 15.0. The van der Waals surface area contributed by atoms with Gasteiger partial charge in [-0.3, -0.25) is 34.4 Å². The summed E-state index contributed by atoms with van der Waals surface area (Å²) in [6, 6.07) is 12.7. The number of nitrogens with zero attached hydrogens (tertiary/aromatic N) is 1. The number of nitrogens with one attached hydrogen (secondary N) is 3. The summed E-state index contributed by atoms with van der Waals surface area (Å²) in [4.78, 5) is 59.9. The van der Waals surface area contributed by atoms with E-state index in [2.05, 4.69) is 16.1 Å². The Bertz CT molecular complexity index is 1090. The number of anilines is 2. The summed E-state index contributed by atoms with van der Waals surface area (Å²) >= 11 is 5.98. The Kier molecular flexibility index (Phi) is 7.62. The standard InChI is InChI=1S/C22H21ClN4O6/c1-13(28)24-15-6-8-16(9-7-15)25-19(29)12-33-22(32)14-10-20(30)27(11-14)26-21(31)17-4-2-3-5-18(17)23/h2-9,14H,10-12H2,1H3,(H,24,28)(H,25,29)(H,26,31)/t14-/m0/s1. The number of hydrogen-bond donors (Lipinski definition) is 3. The fourth-order valence-corrected chi connectivity index (χ4v) is 3.32. The third kappa shape index (κ3) is 6.53. The molecule has 2 aromatic rings. The van der Waals surface area contributed by atoms with Crippen LogP contribution in [0, 0.1) is 5.92 Å². The van der Waals surface area contributed by atoms with E-state index >= 15 is 0 Å². The monoisotopic (exact) mass is 472 g/mol. The zero-order chi connectivity index (χ0) is 24.0. The van der Waals surface area contributed by atoms with E-state index in [9.17, 15) is 24.0 Å².